The van der Waals surface area contributed by atoms with Crippen molar-refractivity contribution in [2.24, 2.45) is 0 Å². The fraction of sp³-hybridized carbons (Fsp3) is 0.750. The standard InChI is InChI=1S/C4H7Cl3O2Si/c1-4(8)9-2-3-10(5,6)7/h2-3H2,1H3. The van der Waals surface area contributed by atoms with Crippen molar-refractivity contribution in [1.29, 1.82) is 0 Å². The number of rotatable bonds is 3. The Morgan fingerprint density at radius 1 is 1.50 bits per heavy atom. The van der Waals surface area contributed by atoms with E-state index in [1.807, 2.05) is 0 Å². The maximum atomic E-state index is 10.2. The van der Waals surface area contributed by atoms with Gasteiger partial charge in [0.05, 0.1) is 6.61 Å². The highest BCUT2D eigenvalue weighted by Crippen LogP contribution is 2.24. The van der Waals surface area contributed by atoms with Crippen LogP contribution in [0.2, 0.25) is 6.04 Å². The zero-order valence-electron chi connectivity index (χ0n) is 5.36. The summed E-state index contributed by atoms with van der Waals surface area (Å²) in [6, 6.07) is -2.23. The molecule has 0 aromatic rings. The third kappa shape index (κ3) is 8.56. The predicted molar refractivity (Wildman–Crippen MR) is 44.8 cm³/mol. The van der Waals surface area contributed by atoms with E-state index in [1.165, 1.54) is 6.92 Å². The molecule has 6 heteroatoms. The third-order valence-corrected chi connectivity index (χ3v) is 3.16. The number of carbonyl (C=O) groups is 1. The minimum atomic E-state index is -2.58. The molecule has 0 fully saturated rings. The number of esters is 1. The highest BCUT2D eigenvalue weighted by molar-refractivity contribution is 7.64. The highest BCUT2D eigenvalue weighted by atomic mass is 35.8. The van der Waals surface area contributed by atoms with Crippen molar-refractivity contribution in [2.45, 2.75) is 13.0 Å². The Morgan fingerprint density at radius 2 is 2.00 bits per heavy atom. The van der Waals surface area contributed by atoms with E-state index in [0.29, 0.717) is 6.04 Å². The van der Waals surface area contributed by atoms with Crippen LogP contribution in [0.15, 0.2) is 0 Å². The average Bonchev–Trinajstić information content (AvgIpc) is 1.59. The topological polar surface area (TPSA) is 26.3 Å². The van der Waals surface area contributed by atoms with Crippen molar-refractivity contribution < 1.29 is 9.53 Å². The first kappa shape index (κ1) is 10.6. The van der Waals surface area contributed by atoms with Crippen LogP contribution in [0.25, 0.3) is 0 Å². The second-order valence-corrected chi connectivity index (χ2v) is 11.0. The lowest BCUT2D eigenvalue weighted by Crippen LogP contribution is -2.13. The normalized spacial score (nSPS) is 11.2. The first-order chi connectivity index (χ1) is 4.42. The van der Waals surface area contributed by atoms with Crippen molar-refractivity contribution >= 4 is 45.2 Å². The molecular weight excluding hydrogens is 214 g/mol. The Morgan fingerprint density at radius 3 is 2.30 bits per heavy atom. The van der Waals surface area contributed by atoms with E-state index in [-0.39, 0.29) is 12.6 Å². The molecule has 0 spiro atoms. The summed E-state index contributed by atoms with van der Waals surface area (Å²) in [5.41, 5.74) is 0. The van der Waals surface area contributed by atoms with Crippen LogP contribution < -0.4 is 0 Å². The molecule has 0 amide bonds. The van der Waals surface area contributed by atoms with Crippen LogP contribution >= 0.6 is 33.2 Å². The zero-order valence-corrected chi connectivity index (χ0v) is 8.63. The second kappa shape index (κ2) is 4.44. The minimum Gasteiger partial charge on any atom is -0.466 e. The summed E-state index contributed by atoms with van der Waals surface area (Å²) in [4.78, 5) is 10.2. The van der Waals surface area contributed by atoms with Gasteiger partial charge in [-0.05, 0) is 0 Å². The quantitative estimate of drug-likeness (QED) is 0.415. The highest BCUT2D eigenvalue weighted by Gasteiger charge is 2.24. The van der Waals surface area contributed by atoms with Gasteiger partial charge in [-0.1, -0.05) is 0 Å². The lowest BCUT2D eigenvalue weighted by Gasteiger charge is -2.06. The molecule has 0 aliphatic heterocycles. The minimum absolute atomic E-state index is 0.206. The first-order valence-corrected chi connectivity index (χ1v) is 7.86. The number of ether oxygens (including phenoxy) is 1. The fourth-order valence-corrected chi connectivity index (χ4v) is 1.34. The molecule has 0 aliphatic rings. The summed E-state index contributed by atoms with van der Waals surface area (Å²) < 4.78 is 4.56. The summed E-state index contributed by atoms with van der Waals surface area (Å²) in [5.74, 6) is -0.344. The Bertz CT molecular complexity index is 122. The molecule has 10 heavy (non-hydrogen) atoms. The maximum absolute atomic E-state index is 10.2. The van der Waals surface area contributed by atoms with Gasteiger partial charge >= 0.3 is 12.0 Å². The SMILES string of the molecule is CC(=O)OCC[Si](Cl)(Cl)Cl. The largest absolute Gasteiger partial charge is 0.466 e. The zero-order chi connectivity index (χ0) is 8.20. The van der Waals surface area contributed by atoms with Gasteiger partial charge in [0.2, 0.25) is 0 Å². The summed E-state index contributed by atoms with van der Waals surface area (Å²) in [7, 11) is 0. The van der Waals surface area contributed by atoms with Gasteiger partial charge in [0.15, 0.2) is 0 Å². The smallest absolute Gasteiger partial charge is 0.344 e. The van der Waals surface area contributed by atoms with Crippen molar-refractivity contribution in [3.05, 3.63) is 0 Å². The van der Waals surface area contributed by atoms with Gasteiger partial charge in [-0.15, -0.1) is 33.2 Å². The van der Waals surface area contributed by atoms with Crippen molar-refractivity contribution in [2.75, 3.05) is 6.61 Å². The maximum Gasteiger partial charge on any atom is 0.344 e. The summed E-state index contributed by atoms with van der Waals surface area (Å²) >= 11 is 16.5. The van der Waals surface area contributed by atoms with E-state index in [0.717, 1.165) is 0 Å². The average molecular weight is 222 g/mol. The van der Waals surface area contributed by atoms with Crippen LogP contribution in [-0.2, 0) is 9.53 Å². The van der Waals surface area contributed by atoms with Gasteiger partial charge in [0.1, 0.15) is 0 Å². The van der Waals surface area contributed by atoms with Gasteiger partial charge in [-0.2, -0.15) is 0 Å². The second-order valence-electron chi connectivity index (χ2n) is 1.71. The molecular formula is C4H7Cl3O2Si. The molecule has 0 radical (unpaired) electrons. The number of carbonyl (C=O) groups excluding carboxylic acids is 1. The van der Waals surface area contributed by atoms with Crippen LogP contribution in [0.4, 0.5) is 0 Å². The Kier molecular flexibility index (Phi) is 4.69. The van der Waals surface area contributed by atoms with E-state index in [1.54, 1.807) is 0 Å². The molecule has 0 atom stereocenters. The molecule has 0 rings (SSSR count). The fourth-order valence-electron chi connectivity index (χ4n) is 0.310. The van der Waals surface area contributed by atoms with Crippen LogP contribution in [0.5, 0.6) is 0 Å². The van der Waals surface area contributed by atoms with Crippen LogP contribution in [0.3, 0.4) is 0 Å². The molecule has 0 heterocycles. The van der Waals surface area contributed by atoms with Gasteiger partial charge in [0, 0.05) is 13.0 Å². The van der Waals surface area contributed by atoms with E-state index in [2.05, 4.69) is 4.74 Å². The molecule has 0 unspecified atom stereocenters. The van der Waals surface area contributed by atoms with E-state index >= 15 is 0 Å². The Labute approximate surface area is 74.5 Å². The van der Waals surface area contributed by atoms with Gasteiger partial charge in [-0.25, -0.2) is 0 Å². The monoisotopic (exact) mass is 220 g/mol. The molecule has 0 bridgehead atoms. The van der Waals surface area contributed by atoms with Gasteiger partial charge in [0.25, 0.3) is 0 Å². The molecule has 0 aromatic heterocycles. The lowest BCUT2D eigenvalue weighted by atomic mass is 10.8. The summed E-state index contributed by atoms with van der Waals surface area (Å²) in [6.45, 7) is 1.53. The molecule has 0 saturated heterocycles. The van der Waals surface area contributed by atoms with Gasteiger partial charge < -0.3 is 4.74 Å². The Balaban J connectivity index is 3.29. The molecule has 60 valence electrons. The molecule has 0 N–H and O–H groups in total. The lowest BCUT2D eigenvalue weighted by molar-refractivity contribution is -0.140. The molecule has 0 saturated carbocycles. The third-order valence-electron chi connectivity index (χ3n) is 0.691. The summed E-state index contributed by atoms with van der Waals surface area (Å²) in [5, 5.41) is 0. The van der Waals surface area contributed by atoms with E-state index in [9.17, 15) is 4.79 Å². The van der Waals surface area contributed by atoms with Crippen LogP contribution in [0, 0.1) is 0 Å². The molecule has 0 aromatic carbocycles. The van der Waals surface area contributed by atoms with Crippen LogP contribution in [0.1, 0.15) is 6.92 Å². The van der Waals surface area contributed by atoms with Crippen molar-refractivity contribution in [1.82, 2.24) is 0 Å². The van der Waals surface area contributed by atoms with E-state index < -0.39 is 6.00 Å². The van der Waals surface area contributed by atoms with Crippen molar-refractivity contribution in [3.8, 4) is 0 Å². The van der Waals surface area contributed by atoms with E-state index in [4.69, 9.17) is 33.2 Å². The Hall–Kier alpha value is 0.557. The number of halogens is 3. The first-order valence-electron chi connectivity index (χ1n) is 2.62. The number of hydrogen-bond donors (Lipinski definition) is 0. The molecule has 2 nitrogen and oxygen atoms in total. The van der Waals surface area contributed by atoms with Gasteiger partial charge in [-0.3, -0.25) is 4.79 Å². The molecule has 0 aliphatic carbocycles. The number of hydrogen-bond acceptors (Lipinski definition) is 2. The van der Waals surface area contributed by atoms with Crippen LogP contribution in [-0.4, -0.2) is 18.6 Å². The van der Waals surface area contributed by atoms with Crippen molar-refractivity contribution in [3.63, 3.8) is 0 Å². The summed E-state index contributed by atoms with van der Waals surface area (Å²) in [6.07, 6.45) is 0. The predicted octanol–water partition coefficient (Wildman–Crippen LogP) is 2.20.